The molecule has 0 radical (unpaired) electrons. The maximum atomic E-state index is 13.8. The molecule has 1 amide bonds. The summed E-state index contributed by atoms with van der Waals surface area (Å²) >= 11 is 0. The van der Waals surface area contributed by atoms with E-state index < -0.39 is 17.6 Å². The lowest BCUT2D eigenvalue weighted by Crippen LogP contribution is -2.32. The molecule has 2 aromatic rings. The SMILES string of the molecule is Cl.O=C(c1cc(F)ccc1-c1cccc(C(F)(F)F)c1)N1C[C@H]2CNC[C@H]2C1. The third kappa shape index (κ3) is 3.86. The van der Waals surface area contributed by atoms with E-state index in [0.717, 1.165) is 37.4 Å². The van der Waals surface area contributed by atoms with Crippen molar-refractivity contribution in [2.24, 2.45) is 11.8 Å². The lowest BCUT2D eigenvalue weighted by atomic mass is 9.97. The van der Waals surface area contributed by atoms with E-state index in [2.05, 4.69) is 5.32 Å². The van der Waals surface area contributed by atoms with Crippen LogP contribution >= 0.6 is 12.4 Å². The molecule has 2 saturated heterocycles. The number of hydrogen-bond donors (Lipinski definition) is 1. The number of nitrogens with zero attached hydrogens (tertiary/aromatic N) is 1. The first-order chi connectivity index (χ1) is 12.8. The molecular weight excluding hydrogens is 396 g/mol. The monoisotopic (exact) mass is 414 g/mol. The molecule has 0 unspecified atom stereocenters. The van der Waals surface area contributed by atoms with Gasteiger partial charge >= 0.3 is 6.18 Å². The molecule has 0 saturated carbocycles. The van der Waals surface area contributed by atoms with Gasteiger partial charge in [0.25, 0.3) is 5.91 Å². The standard InChI is InChI=1S/C20H18F4N2O.ClH/c21-16-4-5-17(12-2-1-3-15(6-12)20(22,23)24)18(7-16)19(27)26-10-13-8-25-9-14(13)11-26;/h1-7,13-14,25H,8-11H2;1H/t13-,14+;. The maximum Gasteiger partial charge on any atom is 0.416 e. The van der Waals surface area contributed by atoms with E-state index in [1.807, 2.05) is 0 Å². The minimum atomic E-state index is -4.49. The number of benzene rings is 2. The zero-order chi connectivity index (χ0) is 19.2. The largest absolute Gasteiger partial charge is 0.416 e. The molecule has 2 atom stereocenters. The van der Waals surface area contributed by atoms with Gasteiger partial charge in [0.05, 0.1) is 11.1 Å². The molecule has 2 aliphatic heterocycles. The smallest absolute Gasteiger partial charge is 0.338 e. The van der Waals surface area contributed by atoms with E-state index in [9.17, 15) is 22.4 Å². The normalized spacial score (nSPS) is 21.4. The van der Waals surface area contributed by atoms with Crippen LogP contribution in [-0.2, 0) is 6.18 Å². The highest BCUT2D eigenvalue weighted by molar-refractivity contribution is 6.01. The highest BCUT2D eigenvalue weighted by Crippen LogP contribution is 2.34. The topological polar surface area (TPSA) is 32.3 Å². The van der Waals surface area contributed by atoms with Crippen LogP contribution in [0.5, 0.6) is 0 Å². The summed E-state index contributed by atoms with van der Waals surface area (Å²) in [6.07, 6.45) is -4.49. The first-order valence-corrected chi connectivity index (χ1v) is 8.80. The number of alkyl halides is 3. The Balaban J connectivity index is 0.00000225. The molecule has 0 spiro atoms. The predicted molar refractivity (Wildman–Crippen MR) is 99.8 cm³/mol. The summed E-state index contributed by atoms with van der Waals surface area (Å²) < 4.78 is 53.0. The number of carbonyl (C=O) groups excluding carboxylic acids is 1. The van der Waals surface area contributed by atoms with Gasteiger partial charge in [-0.1, -0.05) is 18.2 Å². The van der Waals surface area contributed by atoms with Gasteiger partial charge in [0.15, 0.2) is 0 Å². The molecule has 28 heavy (non-hydrogen) atoms. The fourth-order valence-electron chi connectivity index (χ4n) is 4.00. The van der Waals surface area contributed by atoms with Crippen molar-refractivity contribution in [1.82, 2.24) is 10.2 Å². The van der Waals surface area contributed by atoms with E-state index in [0.29, 0.717) is 30.5 Å². The molecule has 1 N–H and O–H groups in total. The molecule has 2 heterocycles. The minimum Gasteiger partial charge on any atom is -0.338 e. The summed E-state index contributed by atoms with van der Waals surface area (Å²) in [5.41, 5.74) is -0.149. The minimum absolute atomic E-state index is 0. The summed E-state index contributed by atoms with van der Waals surface area (Å²) in [6.45, 7) is 2.85. The van der Waals surface area contributed by atoms with Crippen LogP contribution in [0.4, 0.5) is 17.6 Å². The summed E-state index contributed by atoms with van der Waals surface area (Å²) in [5.74, 6) is -0.175. The third-order valence-corrected chi connectivity index (χ3v) is 5.39. The number of hydrogen-bond acceptors (Lipinski definition) is 2. The molecule has 0 aliphatic carbocycles. The Morgan fingerprint density at radius 3 is 2.36 bits per heavy atom. The number of likely N-dealkylation sites (tertiary alicyclic amines) is 1. The van der Waals surface area contributed by atoms with Gasteiger partial charge in [-0.15, -0.1) is 12.4 Å². The maximum absolute atomic E-state index is 13.8. The quantitative estimate of drug-likeness (QED) is 0.746. The van der Waals surface area contributed by atoms with E-state index in [1.165, 1.54) is 18.2 Å². The number of rotatable bonds is 2. The van der Waals surface area contributed by atoms with Crippen molar-refractivity contribution in [2.45, 2.75) is 6.18 Å². The summed E-state index contributed by atoms with van der Waals surface area (Å²) in [5, 5.41) is 3.29. The Morgan fingerprint density at radius 1 is 1.04 bits per heavy atom. The number of halogens is 5. The van der Waals surface area contributed by atoms with Gasteiger partial charge in [-0.2, -0.15) is 13.2 Å². The van der Waals surface area contributed by atoms with E-state index in [-0.39, 0.29) is 29.4 Å². The first-order valence-electron chi connectivity index (χ1n) is 8.80. The van der Waals surface area contributed by atoms with Crippen LogP contribution in [0.2, 0.25) is 0 Å². The molecule has 4 rings (SSSR count). The molecular formula is C20H19ClF4N2O. The molecule has 2 aromatic carbocycles. The zero-order valence-electron chi connectivity index (χ0n) is 14.8. The Bertz CT molecular complexity index is 875. The number of fused-ring (bicyclic) bond motifs is 1. The molecule has 2 aliphatic rings. The van der Waals surface area contributed by atoms with Crippen molar-refractivity contribution in [3.63, 3.8) is 0 Å². The van der Waals surface area contributed by atoms with Crippen LogP contribution in [-0.4, -0.2) is 37.0 Å². The second kappa shape index (κ2) is 7.72. The number of nitrogens with one attached hydrogen (secondary N) is 1. The van der Waals surface area contributed by atoms with Gasteiger partial charge in [-0.3, -0.25) is 4.79 Å². The van der Waals surface area contributed by atoms with Gasteiger partial charge in [0.2, 0.25) is 0 Å². The summed E-state index contributed by atoms with van der Waals surface area (Å²) in [7, 11) is 0. The lowest BCUT2D eigenvalue weighted by molar-refractivity contribution is -0.137. The molecule has 3 nitrogen and oxygen atoms in total. The Labute approximate surface area is 166 Å². The molecule has 150 valence electrons. The van der Waals surface area contributed by atoms with Crippen LogP contribution in [0.25, 0.3) is 11.1 Å². The van der Waals surface area contributed by atoms with Crippen molar-refractivity contribution in [3.05, 3.63) is 59.4 Å². The van der Waals surface area contributed by atoms with Gasteiger partial charge in [-0.05, 0) is 47.2 Å². The van der Waals surface area contributed by atoms with E-state index in [4.69, 9.17) is 0 Å². The van der Waals surface area contributed by atoms with Gasteiger partial charge < -0.3 is 10.2 Å². The third-order valence-electron chi connectivity index (χ3n) is 5.39. The highest BCUT2D eigenvalue weighted by Gasteiger charge is 2.39. The first kappa shape index (κ1) is 20.6. The van der Waals surface area contributed by atoms with E-state index >= 15 is 0 Å². The van der Waals surface area contributed by atoms with Crippen LogP contribution < -0.4 is 5.32 Å². The Kier molecular flexibility index (Phi) is 5.68. The van der Waals surface area contributed by atoms with Gasteiger partial charge in [-0.25, -0.2) is 4.39 Å². The Morgan fingerprint density at radius 2 is 1.71 bits per heavy atom. The summed E-state index contributed by atoms with van der Waals surface area (Å²) in [6, 6.07) is 8.41. The summed E-state index contributed by atoms with van der Waals surface area (Å²) in [4.78, 5) is 14.7. The van der Waals surface area contributed by atoms with Gasteiger partial charge in [0.1, 0.15) is 5.82 Å². The van der Waals surface area contributed by atoms with Crippen LogP contribution in [0.3, 0.4) is 0 Å². The number of carbonyl (C=O) groups is 1. The predicted octanol–water partition coefficient (Wildman–Crippen LogP) is 4.22. The highest BCUT2D eigenvalue weighted by atomic mass is 35.5. The fourth-order valence-corrected chi connectivity index (χ4v) is 4.00. The average Bonchev–Trinajstić information content (AvgIpc) is 3.22. The second-order valence-corrected chi connectivity index (χ2v) is 7.16. The molecule has 2 fully saturated rings. The molecule has 0 bridgehead atoms. The van der Waals surface area contributed by atoms with Crippen LogP contribution in [0, 0.1) is 17.7 Å². The van der Waals surface area contributed by atoms with Crippen molar-refractivity contribution >= 4 is 18.3 Å². The van der Waals surface area contributed by atoms with Crippen molar-refractivity contribution in [1.29, 1.82) is 0 Å². The van der Waals surface area contributed by atoms with Crippen molar-refractivity contribution < 1.29 is 22.4 Å². The van der Waals surface area contributed by atoms with Gasteiger partial charge in [0, 0.05) is 26.2 Å². The van der Waals surface area contributed by atoms with Crippen molar-refractivity contribution in [3.8, 4) is 11.1 Å². The Hall–Kier alpha value is -2.12. The fraction of sp³-hybridized carbons (Fsp3) is 0.350. The second-order valence-electron chi connectivity index (χ2n) is 7.16. The number of amides is 1. The van der Waals surface area contributed by atoms with E-state index in [1.54, 1.807) is 4.90 Å². The molecule has 0 aromatic heterocycles. The molecule has 8 heteroatoms. The lowest BCUT2D eigenvalue weighted by Gasteiger charge is -2.20. The van der Waals surface area contributed by atoms with Crippen molar-refractivity contribution in [2.75, 3.05) is 26.2 Å². The van der Waals surface area contributed by atoms with Crippen LogP contribution in [0.1, 0.15) is 15.9 Å². The van der Waals surface area contributed by atoms with Crippen LogP contribution in [0.15, 0.2) is 42.5 Å². The average molecular weight is 415 g/mol. The zero-order valence-corrected chi connectivity index (χ0v) is 15.6.